The molecular weight excluding hydrogens is 382 g/mol. The minimum absolute atomic E-state index is 0.0342. The summed E-state index contributed by atoms with van der Waals surface area (Å²) in [5.74, 6) is -0.735. The van der Waals surface area contributed by atoms with E-state index in [1.165, 1.54) is 11.3 Å². The molecule has 0 aliphatic carbocycles. The first-order valence-electron chi connectivity index (χ1n) is 9.06. The van der Waals surface area contributed by atoms with E-state index in [-0.39, 0.29) is 18.6 Å². The zero-order valence-electron chi connectivity index (χ0n) is 15.5. The van der Waals surface area contributed by atoms with Gasteiger partial charge in [-0.1, -0.05) is 0 Å². The van der Waals surface area contributed by atoms with Crippen molar-refractivity contribution in [3.8, 4) is 10.6 Å². The largest absolute Gasteiger partial charge is 0.461 e. The van der Waals surface area contributed by atoms with Gasteiger partial charge in [0.25, 0.3) is 5.91 Å². The molecule has 28 heavy (non-hydrogen) atoms. The van der Waals surface area contributed by atoms with Gasteiger partial charge in [0.05, 0.1) is 22.7 Å². The van der Waals surface area contributed by atoms with E-state index in [1.54, 1.807) is 25.1 Å². The number of nitrogens with one attached hydrogen (secondary N) is 4. The monoisotopic (exact) mass is 405 g/mol. The van der Waals surface area contributed by atoms with Crippen LogP contribution >= 0.6 is 11.3 Å². The Hall–Kier alpha value is -2.85. The quantitative estimate of drug-likeness (QED) is 0.467. The summed E-state index contributed by atoms with van der Waals surface area (Å²) in [6.07, 6.45) is 1.89. The Labute approximate surface area is 166 Å². The standard InChI is InChI=1S/C18H23N5O4S/c1-2-27-17(25)13-6-5-12(22-13)14-8-11(16(28-14)23-18(19)26)15(24)21-10-4-3-7-20-9-10/h5-6,8,10,20,22H,2-4,7,9H2,1H3,(H,21,24)(H3,19,23,26)/t10-/m0/s1. The fraction of sp³-hybridized carbons (Fsp3) is 0.389. The van der Waals surface area contributed by atoms with Gasteiger partial charge in [-0.25, -0.2) is 9.59 Å². The van der Waals surface area contributed by atoms with Crippen molar-refractivity contribution in [1.29, 1.82) is 0 Å². The summed E-state index contributed by atoms with van der Waals surface area (Å²) in [4.78, 5) is 39.6. The molecule has 10 heteroatoms. The van der Waals surface area contributed by atoms with Crippen molar-refractivity contribution < 1.29 is 19.1 Å². The summed E-state index contributed by atoms with van der Waals surface area (Å²) < 4.78 is 4.97. The predicted molar refractivity (Wildman–Crippen MR) is 107 cm³/mol. The van der Waals surface area contributed by atoms with E-state index in [1.807, 2.05) is 0 Å². The highest BCUT2D eigenvalue weighted by atomic mass is 32.1. The number of aromatic amines is 1. The van der Waals surface area contributed by atoms with Gasteiger partial charge in [0.15, 0.2) is 0 Å². The van der Waals surface area contributed by atoms with Gasteiger partial charge in [0.1, 0.15) is 10.7 Å². The van der Waals surface area contributed by atoms with E-state index in [2.05, 4.69) is 20.9 Å². The van der Waals surface area contributed by atoms with Crippen LogP contribution < -0.4 is 21.7 Å². The maximum Gasteiger partial charge on any atom is 0.354 e. The van der Waals surface area contributed by atoms with Crippen LogP contribution in [0.4, 0.5) is 9.80 Å². The average Bonchev–Trinajstić information content (AvgIpc) is 3.29. The molecule has 1 saturated heterocycles. The first-order chi connectivity index (χ1) is 13.5. The highest BCUT2D eigenvalue weighted by Gasteiger charge is 2.22. The Morgan fingerprint density at radius 2 is 2.18 bits per heavy atom. The number of urea groups is 1. The number of ether oxygens (including phenoxy) is 1. The number of aromatic nitrogens is 1. The van der Waals surface area contributed by atoms with Crippen LogP contribution in [0.3, 0.4) is 0 Å². The SMILES string of the molecule is CCOC(=O)c1ccc(-c2cc(C(=O)N[C@H]3CCCNC3)c(NC(N)=O)s2)[nH]1. The van der Waals surface area contributed by atoms with Crippen LogP contribution in [0.5, 0.6) is 0 Å². The fourth-order valence-electron chi connectivity index (χ4n) is 3.00. The second-order valence-electron chi connectivity index (χ2n) is 6.37. The summed E-state index contributed by atoms with van der Waals surface area (Å²) in [5, 5.41) is 9.09. The van der Waals surface area contributed by atoms with Crippen LogP contribution in [0.1, 0.15) is 40.6 Å². The molecule has 1 atom stereocenters. The third-order valence-electron chi connectivity index (χ3n) is 4.29. The third kappa shape index (κ3) is 4.70. The molecule has 1 aliphatic rings. The minimum atomic E-state index is -0.750. The Morgan fingerprint density at radius 3 is 2.86 bits per heavy atom. The number of hydrogen-bond acceptors (Lipinski definition) is 6. The highest BCUT2D eigenvalue weighted by Crippen LogP contribution is 2.35. The van der Waals surface area contributed by atoms with Crippen LogP contribution in [0, 0.1) is 0 Å². The van der Waals surface area contributed by atoms with E-state index in [9.17, 15) is 14.4 Å². The third-order valence-corrected chi connectivity index (χ3v) is 5.38. The molecule has 2 aromatic heterocycles. The summed E-state index contributed by atoms with van der Waals surface area (Å²) in [5.41, 5.74) is 6.53. The second-order valence-corrected chi connectivity index (χ2v) is 7.42. The molecule has 0 saturated carbocycles. The van der Waals surface area contributed by atoms with Crippen LogP contribution in [0.25, 0.3) is 10.6 Å². The Balaban J connectivity index is 1.84. The van der Waals surface area contributed by atoms with Crippen molar-refractivity contribution in [3.63, 3.8) is 0 Å². The zero-order valence-corrected chi connectivity index (χ0v) is 16.3. The van der Waals surface area contributed by atoms with Crippen molar-refractivity contribution in [2.75, 3.05) is 25.0 Å². The second kappa shape index (κ2) is 8.89. The number of hydrogen-bond donors (Lipinski definition) is 5. The van der Waals surface area contributed by atoms with Crippen molar-refractivity contribution in [2.45, 2.75) is 25.8 Å². The summed E-state index contributed by atoms with van der Waals surface area (Å²) in [6, 6.07) is 4.29. The van der Waals surface area contributed by atoms with E-state index in [4.69, 9.17) is 10.5 Å². The molecular formula is C18H23N5O4S. The molecule has 3 amide bonds. The molecule has 3 heterocycles. The van der Waals surface area contributed by atoms with Crippen molar-refractivity contribution in [2.24, 2.45) is 5.73 Å². The summed E-state index contributed by atoms with van der Waals surface area (Å²) in [7, 11) is 0. The number of esters is 1. The molecule has 2 aromatic rings. The molecule has 0 unspecified atom stereocenters. The fourth-order valence-corrected chi connectivity index (χ4v) is 4.04. The lowest BCUT2D eigenvalue weighted by molar-refractivity contribution is 0.0520. The van der Waals surface area contributed by atoms with E-state index in [0.717, 1.165) is 19.4 Å². The van der Waals surface area contributed by atoms with Gasteiger partial charge in [-0.3, -0.25) is 10.1 Å². The smallest absolute Gasteiger partial charge is 0.354 e. The van der Waals surface area contributed by atoms with Gasteiger partial charge in [-0.05, 0) is 44.5 Å². The van der Waals surface area contributed by atoms with Gasteiger partial charge < -0.3 is 26.1 Å². The van der Waals surface area contributed by atoms with Gasteiger partial charge in [-0.15, -0.1) is 11.3 Å². The number of H-pyrrole nitrogens is 1. The number of thiophene rings is 1. The molecule has 0 radical (unpaired) electrons. The Kier molecular flexibility index (Phi) is 6.32. The number of carbonyl (C=O) groups excluding carboxylic acids is 3. The van der Waals surface area contributed by atoms with E-state index < -0.39 is 12.0 Å². The molecule has 150 valence electrons. The van der Waals surface area contributed by atoms with Crippen LogP contribution in [-0.4, -0.2) is 48.6 Å². The summed E-state index contributed by atoms with van der Waals surface area (Å²) >= 11 is 1.20. The van der Waals surface area contributed by atoms with Crippen molar-refractivity contribution in [3.05, 3.63) is 29.5 Å². The van der Waals surface area contributed by atoms with Gasteiger partial charge >= 0.3 is 12.0 Å². The van der Waals surface area contributed by atoms with E-state index >= 15 is 0 Å². The number of amides is 3. The zero-order chi connectivity index (χ0) is 20.1. The predicted octanol–water partition coefficient (Wildman–Crippen LogP) is 1.89. The van der Waals surface area contributed by atoms with Crippen molar-refractivity contribution in [1.82, 2.24) is 15.6 Å². The molecule has 0 aromatic carbocycles. The number of carbonyl (C=O) groups is 3. The molecule has 9 nitrogen and oxygen atoms in total. The molecule has 6 N–H and O–H groups in total. The maximum atomic E-state index is 12.7. The average molecular weight is 405 g/mol. The van der Waals surface area contributed by atoms with Gasteiger partial charge in [-0.2, -0.15) is 0 Å². The summed E-state index contributed by atoms with van der Waals surface area (Å²) in [6.45, 7) is 3.66. The number of nitrogens with two attached hydrogens (primary N) is 1. The van der Waals surface area contributed by atoms with Crippen LogP contribution in [-0.2, 0) is 4.74 Å². The topological polar surface area (TPSA) is 138 Å². The highest BCUT2D eigenvalue weighted by molar-refractivity contribution is 7.20. The first-order valence-corrected chi connectivity index (χ1v) is 9.88. The number of anilines is 1. The first kappa shape index (κ1) is 19.9. The Bertz CT molecular complexity index is 869. The minimum Gasteiger partial charge on any atom is -0.461 e. The Morgan fingerprint density at radius 1 is 1.36 bits per heavy atom. The number of rotatable bonds is 6. The van der Waals surface area contributed by atoms with Crippen LogP contribution in [0.2, 0.25) is 0 Å². The van der Waals surface area contributed by atoms with Gasteiger partial charge in [0.2, 0.25) is 0 Å². The molecule has 3 rings (SSSR count). The van der Waals surface area contributed by atoms with Crippen molar-refractivity contribution >= 4 is 34.2 Å². The number of primary amides is 1. The number of piperidine rings is 1. The van der Waals surface area contributed by atoms with Gasteiger partial charge in [0, 0.05) is 12.6 Å². The lowest BCUT2D eigenvalue weighted by Crippen LogP contribution is -2.45. The molecule has 0 spiro atoms. The van der Waals surface area contributed by atoms with Crippen LogP contribution in [0.15, 0.2) is 18.2 Å². The lowest BCUT2D eigenvalue weighted by atomic mass is 10.1. The molecule has 0 bridgehead atoms. The normalized spacial score (nSPS) is 16.4. The molecule has 1 aliphatic heterocycles. The maximum absolute atomic E-state index is 12.7. The van der Waals surface area contributed by atoms with E-state index in [0.29, 0.717) is 33.4 Å². The lowest BCUT2D eigenvalue weighted by Gasteiger charge is -2.23. The molecule has 1 fully saturated rings.